The molecular weight excluding hydrogens is 286 g/mol. The highest BCUT2D eigenvalue weighted by atomic mass is 35.5. The molecule has 0 atom stereocenters. The van der Waals surface area contributed by atoms with Crippen LogP contribution in [0.5, 0.6) is 0 Å². The SMILES string of the molecule is Cc1cc(CNc2cnc(Cl)cn2)cc(N2CCCC2)n1. The zero-order valence-electron chi connectivity index (χ0n) is 12.0. The fourth-order valence-corrected chi connectivity index (χ4v) is 2.63. The maximum absolute atomic E-state index is 5.73. The average molecular weight is 304 g/mol. The summed E-state index contributed by atoms with van der Waals surface area (Å²) in [5.41, 5.74) is 2.24. The van der Waals surface area contributed by atoms with Gasteiger partial charge in [-0.2, -0.15) is 0 Å². The molecule has 0 saturated carbocycles. The van der Waals surface area contributed by atoms with Crippen LogP contribution in [-0.4, -0.2) is 28.0 Å². The molecule has 1 aliphatic rings. The Morgan fingerprint density at radius 2 is 2.00 bits per heavy atom. The van der Waals surface area contributed by atoms with Crippen molar-refractivity contribution in [3.8, 4) is 0 Å². The highest BCUT2D eigenvalue weighted by Crippen LogP contribution is 2.20. The molecule has 2 aromatic rings. The lowest BCUT2D eigenvalue weighted by atomic mass is 10.2. The van der Waals surface area contributed by atoms with Crippen molar-refractivity contribution in [1.29, 1.82) is 0 Å². The Bertz CT molecular complexity index is 608. The first-order valence-electron chi connectivity index (χ1n) is 7.15. The molecule has 110 valence electrons. The molecule has 21 heavy (non-hydrogen) atoms. The molecule has 1 aliphatic heterocycles. The Balaban J connectivity index is 1.71. The van der Waals surface area contributed by atoms with E-state index in [2.05, 4.69) is 37.3 Å². The summed E-state index contributed by atoms with van der Waals surface area (Å²) in [6, 6.07) is 4.24. The summed E-state index contributed by atoms with van der Waals surface area (Å²) < 4.78 is 0. The van der Waals surface area contributed by atoms with Crippen molar-refractivity contribution in [2.75, 3.05) is 23.3 Å². The highest BCUT2D eigenvalue weighted by Gasteiger charge is 2.14. The van der Waals surface area contributed by atoms with Gasteiger partial charge >= 0.3 is 0 Å². The Labute approximate surface area is 129 Å². The van der Waals surface area contributed by atoms with Gasteiger partial charge in [0, 0.05) is 25.3 Å². The van der Waals surface area contributed by atoms with Gasteiger partial charge in [-0.1, -0.05) is 11.6 Å². The first-order valence-corrected chi connectivity index (χ1v) is 7.52. The predicted octanol–water partition coefficient (Wildman–Crippen LogP) is 3.05. The first kappa shape index (κ1) is 14.1. The summed E-state index contributed by atoms with van der Waals surface area (Å²) in [5, 5.41) is 3.65. The second-order valence-electron chi connectivity index (χ2n) is 5.25. The Kier molecular flexibility index (Phi) is 4.20. The van der Waals surface area contributed by atoms with Crippen LogP contribution in [0.2, 0.25) is 5.15 Å². The van der Waals surface area contributed by atoms with E-state index in [9.17, 15) is 0 Å². The van der Waals surface area contributed by atoms with Gasteiger partial charge in [0.2, 0.25) is 0 Å². The quantitative estimate of drug-likeness (QED) is 0.941. The first-order chi connectivity index (χ1) is 10.2. The molecule has 0 radical (unpaired) electrons. The molecule has 0 spiro atoms. The van der Waals surface area contributed by atoms with Gasteiger partial charge in [-0.3, -0.25) is 0 Å². The third-order valence-electron chi connectivity index (χ3n) is 3.52. The van der Waals surface area contributed by atoms with E-state index in [1.165, 1.54) is 24.6 Å². The number of aryl methyl sites for hydroxylation is 1. The number of hydrogen-bond acceptors (Lipinski definition) is 5. The molecule has 0 bridgehead atoms. The second-order valence-corrected chi connectivity index (χ2v) is 5.63. The molecule has 0 unspecified atom stereocenters. The number of nitrogens with zero attached hydrogens (tertiary/aromatic N) is 4. The van der Waals surface area contributed by atoms with Gasteiger partial charge in [0.05, 0.1) is 12.4 Å². The van der Waals surface area contributed by atoms with Gasteiger partial charge in [0.25, 0.3) is 0 Å². The minimum Gasteiger partial charge on any atom is -0.365 e. The van der Waals surface area contributed by atoms with Crippen LogP contribution >= 0.6 is 11.6 Å². The van der Waals surface area contributed by atoms with Gasteiger partial charge < -0.3 is 10.2 Å². The third-order valence-corrected chi connectivity index (χ3v) is 3.72. The molecule has 2 aromatic heterocycles. The molecule has 0 amide bonds. The standard InChI is InChI=1S/C15H18ClN5/c1-11-6-12(7-15(20-11)21-4-2-3-5-21)8-18-14-10-17-13(16)9-19-14/h6-7,9-10H,2-5,8H2,1H3,(H,18,19). The molecule has 1 saturated heterocycles. The van der Waals surface area contributed by atoms with E-state index in [4.69, 9.17) is 11.6 Å². The topological polar surface area (TPSA) is 53.9 Å². The molecule has 3 heterocycles. The van der Waals surface area contributed by atoms with E-state index in [1.54, 1.807) is 6.20 Å². The van der Waals surface area contributed by atoms with Crippen LogP contribution in [0.1, 0.15) is 24.1 Å². The molecule has 5 nitrogen and oxygen atoms in total. The Hall–Kier alpha value is -1.88. The summed E-state index contributed by atoms with van der Waals surface area (Å²) >= 11 is 5.73. The number of halogens is 1. The molecule has 0 aliphatic carbocycles. The molecule has 1 fully saturated rings. The van der Waals surface area contributed by atoms with Crippen molar-refractivity contribution in [3.05, 3.63) is 40.9 Å². The van der Waals surface area contributed by atoms with Gasteiger partial charge in [-0.25, -0.2) is 15.0 Å². The lowest BCUT2D eigenvalue weighted by Gasteiger charge is -2.18. The van der Waals surface area contributed by atoms with Crippen molar-refractivity contribution in [2.24, 2.45) is 0 Å². The molecule has 6 heteroatoms. The fraction of sp³-hybridized carbons (Fsp3) is 0.400. The number of pyridine rings is 1. The van der Waals surface area contributed by atoms with E-state index in [1.807, 2.05) is 6.92 Å². The lowest BCUT2D eigenvalue weighted by Crippen LogP contribution is -2.19. The van der Waals surface area contributed by atoms with E-state index in [0.29, 0.717) is 11.7 Å². The highest BCUT2D eigenvalue weighted by molar-refractivity contribution is 6.29. The van der Waals surface area contributed by atoms with E-state index in [-0.39, 0.29) is 0 Å². The maximum atomic E-state index is 5.73. The lowest BCUT2D eigenvalue weighted by molar-refractivity contribution is 0.921. The molecule has 1 N–H and O–H groups in total. The van der Waals surface area contributed by atoms with Crippen LogP contribution < -0.4 is 10.2 Å². The summed E-state index contributed by atoms with van der Waals surface area (Å²) in [6.07, 6.45) is 5.68. The van der Waals surface area contributed by atoms with Crippen LogP contribution in [-0.2, 0) is 6.54 Å². The van der Waals surface area contributed by atoms with Crippen LogP contribution in [0.25, 0.3) is 0 Å². The Morgan fingerprint density at radius 3 is 2.71 bits per heavy atom. The summed E-state index contributed by atoms with van der Waals surface area (Å²) in [4.78, 5) is 15.2. The normalized spacial score (nSPS) is 14.5. The average Bonchev–Trinajstić information content (AvgIpc) is 3.00. The Morgan fingerprint density at radius 1 is 1.19 bits per heavy atom. The fourth-order valence-electron chi connectivity index (χ4n) is 2.53. The van der Waals surface area contributed by atoms with Crippen LogP contribution in [0.15, 0.2) is 24.5 Å². The largest absolute Gasteiger partial charge is 0.365 e. The van der Waals surface area contributed by atoms with E-state index < -0.39 is 0 Å². The van der Waals surface area contributed by atoms with Crippen molar-refractivity contribution in [1.82, 2.24) is 15.0 Å². The van der Waals surface area contributed by atoms with Gasteiger partial charge in [-0.05, 0) is 37.5 Å². The minimum atomic E-state index is 0.400. The smallest absolute Gasteiger partial charge is 0.147 e. The van der Waals surface area contributed by atoms with Crippen LogP contribution in [0.3, 0.4) is 0 Å². The van der Waals surface area contributed by atoms with E-state index >= 15 is 0 Å². The van der Waals surface area contributed by atoms with Crippen molar-refractivity contribution in [3.63, 3.8) is 0 Å². The number of rotatable bonds is 4. The summed E-state index contributed by atoms with van der Waals surface area (Å²) in [7, 11) is 0. The maximum Gasteiger partial charge on any atom is 0.147 e. The summed E-state index contributed by atoms with van der Waals surface area (Å²) in [6.45, 7) is 4.93. The third kappa shape index (κ3) is 3.61. The number of hydrogen-bond donors (Lipinski definition) is 1. The molecular formula is C15H18ClN5. The molecule has 3 rings (SSSR count). The van der Waals surface area contributed by atoms with Gasteiger partial charge in [-0.15, -0.1) is 0 Å². The van der Waals surface area contributed by atoms with E-state index in [0.717, 1.165) is 30.4 Å². The van der Waals surface area contributed by atoms with Crippen LogP contribution in [0, 0.1) is 6.92 Å². The van der Waals surface area contributed by atoms with Crippen molar-refractivity contribution >= 4 is 23.2 Å². The summed E-state index contributed by atoms with van der Waals surface area (Å²) in [5.74, 6) is 1.79. The zero-order chi connectivity index (χ0) is 14.7. The monoisotopic (exact) mass is 303 g/mol. The predicted molar refractivity (Wildman–Crippen MR) is 84.8 cm³/mol. The minimum absolute atomic E-state index is 0.400. The number of aromatic nitrogens is 3. The molecule has 0 aromatic carbocycles. The number of anilines is 2. The van der Waals surface area contributed by atoms with Crippen molar-refractivity contribution in [2.45, 2.75) is 26.3 Å². The zero-order valence-corrected chi connectivity index (χ0v) is 12.8. The van der Waals surface area contributed by atoms with Gasteiger partial charge in [0.1, 0.15) is 16.8 Å². The number of nitrogens with one attached hydrogen (secondary N) is 1. The van der Waals surface area contributed by atoms with Gasteiger partial charge in [0.15, 0.2) is 0 Å². The second kappa shape index (κ2) is 6.26. The van der Waals surface area contributed by atoms with Crippen molar-refractivity contribution < 1.29 is 0 Å². The van der Waals surface area contributed by atoms with Crippen LogP contribution in [0.4, 0.5) is 11.6 Å².